The molecule has 0 radical (unpaired) electrons. The Morgan fingerprint density at radius 3 is 2.71 bits per heavy atom. The van der Waals surface area contributed by atoms with Gasteiger partial charge >= 0.3 is 0 Å². The zero-order chi connectivity index (χ0) is 24.0. The molecule has 0 aromatic carbocycles. The number of hydrogen-bond acceptors (Lipinski definition) is 8. The van der Waals surface area contributed by atoms with Gasteiger partial charge in [-0.3, -0.25) is 18.9 Å². The number of aryl methyl sites for hydroxylation is 1. The second kappa shape index (κ2) is 9.41. The maximum Gasteiger partial charge on any atom is 0.267 e. The molecule has 3 unspecified atom stereocenters. The third-order valence-electron chi connectivity index (χ3n) is 6.26. The van der Waals surface area contributed by atoms with Gasteiger partial charge in [0.2, 0.25) is 0 Å². The first kappa shape index (κ1) is 23.5. The third-order valence-corrected chi connectivity index (χ3v) is 7.64. The molecule has 5 rings (SSSR count). The Balaban J connectivity index is 1.58. The number of amides is 1. The highest BCUT2D eigenvalue weighted by Crippen LogP contribution is 2.34. The summed E-state index contributed by atoms with van der Waals surface area (Å²) in [5.41, 5.74) is 1.70. The van der Waals surface area contributed by atoms with E-state index in [1.54, 1.807) is 21.6 Å². The minimum atomic E-state index is -0.208. The Hall–Kier alpha value is -2.27. The van der Waals surface area contributed by atoms with E-state index >= 15 is 0 Å². The summed E-state index contributed by atoms with van der Waals surface area (Å²) in [4.78, 5) is 35.9. The van der Waals surface area contributed by atoms with Crippen LogP contribution in [0.5, 0.6) is 0 Å². The van der Waals surface area contributed by atoms with Crippen molar-refractivity contribution in [1.82, 2.24) is 14.3 Å². The van der Waals surface area contributed by atoms with Gasteiger partial charge in [0.25, 0.3) is 11.5 Å². The summed E-state index contributed by atoms with van der Waals surface area (Å²) >= 11 is 6.73. The average molecular weight is 501 g/mol. The molecule has 180 valence electrons. The fourth-order valence-electron chi connectivity index (χ4n) is 4.75. The number of thioether (sulfide) groups is 1. The fraction of sp³-hybridized carbons (Fsp3) is 0.500. The number of aromatic nitrogens is 2. The van der Waals surface area contributed by atoms with Crippen LogP contribution in [0.25, 0.3) is 11.7 Å². The van der Waals surface area contributed by atoms with Crippen LogP contribution in [0.15, 0.2) is 28.0 Å². The molecule has 2 aromatic rings. The highest BCUT2D eigenvalue weighted by atomic mass is 32.2. The van der Waals surface area contributed by atoms with Crippen LogP contribution in [-0.2, 0) is 14.3 Å². The predicted octanol–water partition coefficient (Wildman–Crippen LogP) is 3.00. The van der Waals surface area contributed by atoms with E-state index in [2.05, 4.69) is 4.90 Å². The highest BCUT2D eigenvalue weighted by molar-refractivity contribution is 8.26. The minimum Gasteiger partial charge on any atom is -0.376 e. The molecular weight excluding hydrogens is 472 g/mol. The van der Waals surface area contributed by atoms with Gasteiger partial charge in [-0.05, 0) is 51.3 Å². The van der Waals surface area contributed by atoms with Crippen molar-refractivity contribution in [2.24, 2.45) is 0 Å². The summed E-state index contributed by atoms with van der Waals surface area (Å²) in [5, 5.41) is 0. The molecule has 3 aliphatic heterocycles. The standard InChI is InChI=1S/C24H28N4O4S2/c1-14-6-7-20-25-21(26-11-15(2)32-16(3)12-26)18(22(29)27(20)10-14)9-19-23(30)28(24(33)34-19)13-17-5-4-8-31-17/h6-7,9-10,15-17H,4-5,8,11-13H2,1-3H3/b19-9+. The van der Waals surface area contributed by atoms with Crippen LogP contribution in [0, 0.1) is 6.92 Å². The molecule has 34 heavy (non-hydrogen) atoms. The minimum absolute atomic E-state index is 0.000471. The van der Waals surface area contributed by atoms with Gasteiger partial charge in [-0.25, -0.2) is 4.98 Å². The maximum atomic E-state index is 13.7. The van der Waals surface area contributed by atoms with E-state index < -0.39 is 0 Å². The highest BCUT2D eigenvalue weighted by Gasteiger charge is 2.35. The number of nitrogens with zero attached hydrogens (tertiary/aromatic N) is 4. The predicted molar refractivity (Wildman–Crippen MR) is 137 cm³/mol. The van der Waals surface area contributed by atoms with Crippen LogP contribution in [0.3, 0.4) is 0 Å². The van der Waals surface area contributed by atoms with Gasteiger partial charge in [0.1, 0.15) is 15.8 Å². The molecule has 3 fully saturated rings. The van der Waals surface area contributed by atoms with Crippen molar-refractivity contribution < 1.29 is 14.3 Å². The van der Waals surface area contributed by atoms with E-state index in [0.29, 0.717) is 52.5 Å². The Bertz CT molecular complexity index is 1230. The maximum absolute atomic E-state index is 13.7. The summed E-state index contributed by atoms with van der Waals surface area (Å²) in [5.74, 6) is 0.383. The molecule has 0 spiro atoms. The Morgan fingerprint density at radius 2 is 2.00 bits per heavy atom. The van der Waals surface area contributed by atoms with Gasteiger partial charge in [-0.1, -0.05) is 30.0 Å². The summed E-state index contributed by atoms with van der Waals surface area (Å²) in [6.45, 7) is 8.33. The van der Waals surface area contributed by atoms with E-state index in [4.69, 9.17) is 26.7 Å². The van der Waals surface area contributed by atoms with Crippen LogP contribution < -0.4 is 10.5 Å². The van der Waals surface area contributed by atoms with Gasteiger partial charge in [0, 0.05) is 25.9 Å². The van der Waals surface area contributed by atoms with Crippen LogP contribution in [0.1, 0.15) is 37.8 Å². The number of ether oxygens (including phenoxy) is 2. The monoisotopic (exact) mass is 500 g/mol. The zero-order valence-electron chi connectivity index (χ0n) is 19.5. The molecule has 3 atom stereocenters. The van der Waals surface area contributed by atoms with Crippen LogP contribution in [0.4, 0.5) is 5.82 Å². The number of anilines is 1. The number of hydrogen-bond donors (Lipinski definition) is 0. The first-order chi connectivity index (χ1) is 16.3. The summed E-state index contributed by atoms with van der Waals surface area (Å²) in [6.07, 6.45) is 5.36. The number of thiocarbonyl (C=S) groups is 1. The van der Waals surface area contributed by atoms with Crippen molar-refractivity contribution in [3.05, 3.63) is 44.7 Å². The number of carbonyl (C=O) groups is 1. The Kier molecular flexibility index (Phi) is 6.49. The number of pyridine rings is 1. The molecule has 0 saturated carbocycles. The van der Waals surface area contributed by atoms with Gasteiger partial charge in [-0.15, -0.1) is 0 Å². The van der Waals surface area contributed by atoms with E-state index in [1.165, 1.54) is 11.8 Å². The van der Waals surface area contributed by atoms with Crippen molar-refractivity contribution in [3.8, 4) is 0 Å². The second-order valence-corrected chi connectivity index (χ2v) is 10.9. The quantitative estimate of drug-likeness (QED) is 0.469. The molecule has 10 heteroatoms. The molecule has 8 nitrogen and oxygen atoms in total. The van der Waals surface area contributed by atoms with Crippen molar-refractivity contribution in [2.75, 3.05) is 31.1 Å². The number of fused-ring (bicyclic) bond motifs is 1. The van der Waals surface area contributed by atoms with Crippen LogP contribution in [0.2, 0.25) is 0 Å². The molecule has 3 saturated heterocycles. The van der Waals surface area contributed by atoms with Gasteiger partial charge < -0.3 is 14.4 Å². The normalized spacial score (nSPS) is 26.9. The summed E-state index contributed by atoms with van der Waals surface area (Å²) in [7, 11) is 0. The topological polar surface area (TPSA) is 76.4 Å². The lowest BCUT2D eigenvalue weighted by atomic mass is 10.1. The molecule has 1 amide bonds. The number of rotatable bonds is 4. The lowest BCUT2D eigenvalue weighted by molar-refractivity contribution is -0.123. The van der Waals surface area contributed by atoms with Crippen molar-refractivity contribution in [3.63, 3.8) is 0 Å². The van der Waals surface area contributed by atoms with Gasteiger partial charge in [0.05, 0.1) is 35.3 Å². The average Bonchev–Trinajstić information content (AvgIpc) is 3.39. The Morgan fingerprint density at radius 1 is 1.24 bits per heavy atom. The van der Waals surface area contributed by atoms with E-state index in [-0.39, 0.29) is 29.8 Å². The molecule has 0 bridgehead atoms. The lowest BCUT2D eigenvalue weighted by Gasteiger charge is -2.36. The SMILES string of the molecule is Cc1ccc2nc(N3CC(C)OC(C)C3)c(/C=C3/SC(=S)N(CC4CCCO4)C3=O)c(=O)n2c1. The van der Waals surface area contributed by atoms with Crippen LogP contribution in [-0.4, -0.2) is 69.1 Å². The van der Waals surface area contributed by atoms with Crippen molar-refractivity contribution >= 4 is 51.7 Å². The number of morpholine rings is 1. The molecule has 2 aromatic heterocycles. The van der Waals surface area contributed by atoms with Gasteiger partial charge in [0.15, 0.2) is 0 Å². The first-order valence-corrected chi connectivity index (χ1v) is 12.8. The van der Waals surface area contributed by atoms with E-state index in [9.17, 15) is 9.59 Å². The smallest absolute Gasteiger partial charge is 0.267 e. The third kappa shape index (κ3) is 4.51. The largest absolute Gasteiger partial charge is 0.376 e. The molecular formula is C24H28N4O4S2. The lowest BCUT2D eigenvalue weighted by Crippen LogP contribution is -2.46. The second-order valence-electron chi connectivity index (χ2n) is 9.18. The first-order valence-electron chi connectivity index (χ1n) is 11.6. The molecule has 0 aliphatic carbocycles. The summed E-state index contributed by atoms with van der Waals surface area (Å²) < 4.78 is 13.6. The Labute approximate surface area is 207 Å². The van der Waals surface area contributed by atoms with Crippen molar-refractivity contribution in [2.45, 2.75) is 51.9 Å². The van der Waals surface area contributed by atoms with E-state index in [1.807, 2.05) is 32.9 Å². The zero-order valence-corrected chi connectivity index (χ0v) is 21.2. The molecule has 0 N–H and O–H groups in total. The molecule has 3 aliphatic rings. The van der Waals surface area contributed by atoms with E-state index in [0.717, 1.165) is 18.4 Å². The molecule has 5 heterocycles. The van der Waals surface area contributed by atoms with Crippen molar-refractivity contribution in [1.29, 1.82) is 0 Å². The summed E-state index contributed by atoms with van der Waals surface area (Å²) in [6, 6.07) is 3.78. The van der Waals surface area contributed by atoms with Gasteiger partial charge in [-0.2, -0.15) is 0 Å². The fourth-order valence-corrected chi connectivity index (χ4v) is 6.00. The number of carbonyl (C=O) groups excluding carboxylic acids is 1. The van der Waals surface area contributed by atoms with Crippen LogP contribution >= 0.6 is 24.0 Å².